The fourth-order valence-corrected chi connectivity index (χ4v) is 1.33. The second-order valence-electron chi connectivity index (χ2n) is 2.33. The lowest BCUT2D eigenvalue weighted by atomic mass is 10.2. The zero-order valence-corrected chi connectivity index (χ0v) is 6.39. The van der Waals surface area contributed by atoms with Gasteiger partial charge in [0.25, 0.3) is 0 Å². The van der Waals surface area contributed by atoms with Crippen LogP contribution in [0.15, 0.2) is 24.4 Å². The molecule has 2 rings (SSSR count). The van der Waals surface area contributed by atoms with Crippen molar-refractivity contribution < 1.29 is 5.11 Å². The molecular formula is C8H6ClNO. The van der Waals surface area contributed by atoms with E-state index in [1.807, 2.05) is 6.07 Å². The van der Waals surface area contributed by atoms with Gasteiger partial charge >= 0.3 is 0 Å². The minimum Gasteiger partial charge on any atom is -0.506 e. The van der Waals surface area contributed by atoms with Crippen molar-refractivity contribution in [3.63, 3.8) is 0 Å². The van der Waals surface area contributed by atoms with Crippen molar-refractivity contribution in [2.45, 2.75) is 0 Å². The molecule has 1 aromatic heterocycles. The summed E-state index contributed by atoms with van der Waals surface area (Å²) in [6, 6.07) is 5.08. The summed E-state index contributed by atoms with van der Waals surface area (Å²) in [5, 5.41) is 10.8. The zero-order chi connectivity index (χ0) is 7.84. The number of aromatic hydroxyl groups is 1. The number of hydrogen-bond donors (Lipinski definition) is 2. The molecule has 3 heteroatoms. The SMILES string of the molecule is Oc1ccc(Cl)c2cc[nH]c12. The third kappa shape index (κ3) is 0.870. The van der Waals surface area contributed by atoms with Crippen molar-refractivity contribution >= 4 is 22.5 Å². The number of aromatic nitrogens is 1. The number of phenolic OH excluding ortho intramolecular Hbond substituents is 1. The summed E-state index contributed by atoms with van der Waals surface area (Å²) in [5.41, 5.74) is 0.692. The van der Waals surface area contributed by atoms with Gasteiger partial charge in [-0.15, -0.1) is 0 Å². The Morgan fingerprint density at radius 2 is 2.09 bits per heavy atom. The Labute approximate surface area is 68.4 Å². The largest absolute Gasteiger partial charge is 0.506 e. The van der Waals surface area contributed by atoms with Gasteiger partial charge in [-0.3, -0.25) is 0 Å². The molecule has 1 heterocycles. The molecule has 0 aliphatic rings. The molecule has 1 aromatic carbocycles. The zero-order valence-electron chi connectivity index (χ0n) is 5.63. The van der Waals surface area contributed by atoms with Crippen molar-refractivity contribution in [3.05, 3.63) is 29.4 Å². The van der Waals surface area contributed by atoms with Gasteiger partial charge < -0.3 is 10.1 Å². The highest BCUT2D eigenvalue weighted by Gasteiger charge is 2.02. The highest BCUT2D eigenvalue weighted by molar-refractivity contribution is 6.35. The van der Waals surface area contributed by atoms with Gasteiger partial charge in [-0.05, 0) is 18.2 Å². The molecule has 0 fully saturated rings. The lowest BCUT2D eigenvalue weighted by Crippen LogP contribution is -1.70. The van der Waals surface area contributed by atoms with Gasteiger partial charge in [0.05, 0.1) is 10.5 Å². The van der Waals surface area contributed by atoms with E-state index in [2.05, 4.69) is 4.98 Å². The number of benzene rings is 1. The molecule has 2 N–H and O–H groups in total. The number of rotatable bonds is 0. The summed E-state index contributed by atoms with van der Waals surface area (Å²) in [7, 11) is 0. The van der Waals surface area contributed by atoms with Gasteiger partial charge in [-0.25, -0.2) is 0 Å². The van der Waals surface area contributed by atoms with Crippen LogP contribution in [0.25, 0.3) is 10.9 Å². The van der Waals surface area contributed by atoms with Crippen LogP contribution >= 0.6 is 11.6 Å². The number of phenols is 1. The van der Waals surface area contributed by atoms with E-state index in [1.165, 1.54) is 0 Å². The van der Waals surface area contributed by atoms with Crippen molar-refractivity contribution in [2.75, 3.05) is 0 Å². The molecule has 2 aromatic rings. The second kappa shape index (κ2) is 2.17. The first-order chi connectivity index (χ1) is 5.29. The minimum atomic E-state index is 0.231. The van der Waals surface area contributed by atoms with E-state index in [0.29, 0.717) is 10.5 Å². The van der Waals surface area contributed by atoms with E-state index in [1.54, 1.807) is 18.3 Å². The van der Waals surface area contributed by atoms with Crippen LogP contribution in [-0.4, -0.2) is 10.1 Å². The van der Waals surface area contributed by atoms with Gasteiger partial charge in [-0.1, -0.05) is 11.6 Å². The van der Waals surface area contributed by atoms with Gasteiger partial charge in [0.1, 0.15) is 5.75 Å². The second-order valence-corrected chi connectivity index (χ2v) is 2.74. The number of hydrogen-bond acceptors (Lipinski definition) is 1. The van der Waals surface area contributed by atoms with Crippen LogP contribution in [0.5, 0.6) is 5.75 Å². The summed E-state index contributed by atoms with van der Waals surface area (Å²) >= 11 is 5.84. The first kappa shape index (κ1) is 6.55. The maximum Gasteiger partial charge on any atom is 0.139 e. The van der Waals surface area contributed by atoms with Crippen molar-refractivity contribution in [3.8, 4) is 5.75 Å². The highest BCUT2D eigenvalue weighted by atomic mass is 35.5. The quantitative estimate of drug-likeness (QED) is 0.622. The molecule has 0 unspecified atom stereocenters. The molecule has 0 aliphatic heterocycles. The molecule has 0 spiro atoms. The molecule has 0 radical (unpaired) electrons. The monoisotopic (exact) mass is 167 g/mol. The molecular weight excluding hydrogens is 162 g/mol. The fourth-order valence-electron chi connectivity index (χ4n) is 1.11. The van der Waals surface area contributed by atoms with E-state index in [0.717, 1.165) is 5.39 Å². The van der Waals surface area contributed by atoms with Crippen LogP contribution in [0.2, 0.25) is 5.02 Å². The Morgan fingerprint density at radius 3 is 2.82 bits per heavy atom. The van der Waals surface area contributed by atoms with Crippen LogP contribution in [-0.2, 0) is 0 Å². The fraction of sp³-hybridized carbons (Fsp3) is 0. The van der Waals surface area contributed by atoms with Gasteiger partial charge in [0.15, 0.2) is 0 Å². The maximum atomic E-state index is 9.29. The van der Waals surface area contributed by atoms with Crippen LogP contribution in [0, 0.1) is 0 Å². The number of H-pyrrole nitrogens is 1. The van der Waals surface area contributed by atoms with Crippen molar-refractivity contribution in [1.82, 2.24) is 4.98 Å². The summed E-state index contributed by atoms with van der Waals surface area (Å²) in [6.45, 7) is 0. The lowest BCUT2D eigenvalue weighted by molar-refractivity contribution is 0.480. The Kier molecular flexibility index (Phi) is 1.29. The van der Waals surface area contributed by atoms with Crippen molar-refractivity contribution in [1.29, 1.82) is 0 Å². The predicted molar refractivity (Wildman–Crippen MR) is 45.0 cm³/mol. The number of halogens is 1. The Balaban J connectivity index is 2.96. The Bertz CT molecular complexity index is 358. The maximum absolute atomic E-state index is 9.29. The molecule has 0 saturated carbocycles. The molecule has 11 heavy (non-hydrogen) atoms. The number of nitrogens with one attached hydrogen (secondary N) is 1. The number of aromatic amines is 1. The van der Waals surface area contributed by atoms with E-state index >= 15 is 0 Å². The summed E-state index contributed by atoms with van der Waals surface area (Å²) in [4.78, 5) is 2.89. The van der Waals surface area contributed by atoms with Crippen LogP contribution in [0.3, 0.4) is 0 Å². The molecule has 0 bridgehead atoms. The smallest absolute Gasteiger partial charge is 0.139 e. The molecule has 0 atom stereocenters. The van der Waals surface area contributed by atoms with E-state index in [-0.39, 0.29) is 5.75 Å². The minimum absolute atomic E-state index is 0.231. The third-order valence-corrected chi connectivity index (χ3v) is 1.98. The molecule has 2 nitrogen and oxygen atoms in total. The first-order valence-corrected chi connectivity index (χ1v) is 3.61. The lowest BCUT2D eigenvalue weighted by Gasteiger charge is -1.95. The van der Waals surface area contributed by atoms with Gasteiger partial charge in [-0.2, -0.15) is 0 Å². The average Bonchev–Trinajstić information content (AvgIpc) is 2.45. The Hall–Kier alpha value is -1.15. The molecule has 56 valence electrons. The van der Waals surface area contributed by atoms with E-state index < -0.39 is 0 Å². The topological polar surface area (TPSA) is 36.0 Å². The standard InChI is InChI=1S/C8H6ClNO/c9-6-1-2-7(11)8-5(6)3-4-10-8/h1-4,10-11H. The summed E-state index contributed by atoms with van der Waals surface area (Å²) in [6.07, 6.45) is 1.75. The molecule has 0 aliphatic carbocycles. The Morgan fingerprint density at radius 1 is 1.27 bits per heavy atom. The molecule has 0 amide bonds. The third-order valence-electron chi connectivity index (χ3n) is 1.65. The first-order valence-electron chi connectivity index (χ1n) is 3.23. The predicted octanol–water partition coefficient (Wildman–Crippen LogP) is 2.53. The summed E-state index contributed by atoms with van der Waals surface area (Å²) < 4.78 is 0. The molecule has 0 saturated heterocycles. The summed E-state index contributed by atoms with van der Waals surface area (Å²) in [5.74, 6) is 0.231. The van der Waals surface area contributed by atoms with Crippen LogP contribution < -0.4 is 0 Å². The normalized spacial score (nSPS) is 10.6. The van der Waals surface area contributed by atoms with Gasteiger partial charge in [0, 0.05) is 11.6 Å². The number of fused-ring (bicyclic) bond motifs is 1. The highest BCUT2D eigenvalue weighted by Crippen LogP contribution is 2.28. The van der Waals surface area contributed by atoms with E-state index in [4.69, 9.17) is 11.6 Å². The van der Waals surface area contributed by atoms with Crippen LogP contribution in [0.1, 0.15) is 0 Å². The van der Waals surface area contributed by atoms with Crippen molar-refractivity contribution in [2.24, 2.45) is 0 Å². The average molecular weight is 168 g/mol. The van der Waals surface area contributed by atoms with Gasteiger partial charge in [0.2, 0.25) is 0 Å². The van der Waals surface area contributed by atoms with E-state index in [9.17, 15) is 5.11 Å². The van der Waals surface area contributed by atoms with Crippen LogP contribution in [0.4, 0.5) is 0 Å².